The van der Waals surface area contributed by atoms with E-state index in [1.54, 1.807) is 0 Å². The summed E-state index contributed by atoms with van der Waals surface area (Å²) in [5.41, 5.74) is -2.23. The molecule has 94 valence electrons. The molecule has 7 heteroatoms. The number of hydrogen-bond donors (Lipinski definition) is 2. The summed E-state index contributed by atoms with van der Waals surface area (Å²) < 4.78 is 37.8. The summed E-state index contributed by atoms with van der Waals surface area (Å²) >= 11 is 0. The first-order chi connectivity index (χ1) is 7.88. The van der Waals surface area contributed by atoms with Crippen LogP contribution in [0.3, 0.4) is 0 Å². The van der Waals surface area contributed by atoms with Crippen molar-refractivity contribution in [3.63, 3.8) is 0 Å². The highest BCUT2D eigenvalue weighted by Gasteiger charge is 2.36. The third kappa shape index (κ3) is 2.85. The number of halogens is 3. The zero-order valence-electron chi connectivity index (χ0n) is 9.19. The van der Waals surface area contributed by atoms with Crippen molar-refractivity contribution in [2.24, 2.45) is 0 Å². The van der Waals surface area contributed by atoms with Gasteiger partial charge in [0, 0.05) is 11.6 Å². The summed E-state index contributed by atoms with van der Waals surface area (Å²) in [4.78, 5) is 17.1. The van der Waals surface area contributed by atoms with Crippen molar-refractivity contribution in [2.75, 3.05) is 0 Å². The van der Waals surface area contributed by atoms with Crippen LogP contribution in [-0.2, 0) is 12.7 Å². The number of nitrogens with zero attached hydrogens (tertiary/aromatic N) is 1. The molecule has 17 heavy (non-hydrogen) atoms. The third-order valence-corrected chi connectivity index (χ3v) is 2.60. The summed E-state index contributed by atoms with van der Waals surface area (Å²) in [5, 5.41) is 3.00. The molecule has 2 rings (SSSR count). The number of rotatable bonds is 3. The predicted molar refractivity (Wildman–Crippen MR) is 54.5 cm³/mol. The lowest BCUT2D eigenvalue weighted by Gasteiger charge is -2.10. The Morgan fingerprint density at radius 3 is 2.65 bits per heavy atom. The van der Waals surface area contributed by atoms with Crippen LogP contribution >= 0.6 is 0 Å². The molecular weight excluding hydrogens is 235 g/mol. The van der Waals surface area contributed by atoms with Crippen LogP contribution < -0.4 is 10.9 Å². The van der Waals surface area contributed by atoms with Gasteiger partial charge in [0.1, 0.15) is 5.82 Å². The monoisotopic (exact) mass is 247 g/mol. The van der Waals surface area contributed by atoms with Gasteiger partial charge in [-0.05, 0) is 19.8 Å². The minimum absolute atomic E-state index is 0.0276. The Morgan fingerprint density at radius 2 is 2.12 bits per heavy atom. The van der Waals surface area contributed by atoms with E-state index in [0.717, 1.165) is 19.8 Å². The van der Waals surface area contributed by atoms with E-state index >= 15 is 0 Å². The largest absolute Gasteiger partial charge is 0.433 e. The van der Waals surface area contributed by atoms with Crippen molar-refractivity contribution >= 4 is 0 Å². The Kier molecular flexibility index (Phi) is 2.94. The second kappa shape index (κ2) is 4.14. The SMILES string of the molecule is Cc1c(C(F)(F)F)nc(CNC2CC2)[nH]c1=O. The van der Waals surface area contributed by atoms with E-state index in [-0.39, 0.29) is 12.4 Å². The molecule has 1 aromatic heterocycles. The number of hydrogen-bond acceptors (Lipinski definition) is 3. The van der Waals surface area contributed by atoms with E-state index in [4.69, 9.17) is 0 Å². The smallest absolute Gasteiger partial charge is 0.309 e. The molecule has 1 aromatic rings. The average molecular weight is 247 g/mol. The molecule has 0 spiro atoms. The molecule has 0 amide bonds. The summed E-state index contributed by atoms with van der Waals surface area (Å²) in [6.07, 6.45) is -2.56. The Morgan fingerprint density at radius 1 is 1.47 bits per heavy atom. The molecule has 0 aliphatic heterocycles. The third-order valence-electron chi connectivity index (χ3n) is 2.60. The molecular formula is C10H12F3N3O. The van der Waals surface area contributed by atoms with Gasteiger partial charge in [-0.3, -0.25) is 4.79 Å². The second-order valence-corrected chi connectivity index (χ2v) is 4.14. The van der Waals surface area contributed by atoms with E-state index < -0.39 is 23.0 Å². The van der Waals surface area contributed by atoms with Crippen LogP contribution in [0.5, 0.6) is 0 Å². The molecule has 1 fully saturated rings. The fourth-order valence-corrected chi connectivity index (χ4v) is 1.47. The van der Waals surface area contributed by atoms with E-state index in [2.05, 4.69) is 15.3 Å². The molecule has 0 bridgehead atoms. The fraction of sp³-hybridized carbons (Fsp3) is 0.600. The van der Waals surface area contributed by atoms with Crippen LogP contribution in [0.4, 0.5) is 13.2 Å². The fourth-order valence-electron chi connectivity index (χ4n) is 1.47. The molecule has 0 radical (unpaired) electrons. The first kappa shape index (κ1) is 12.1. The van der Waals surface area contributed by atoms with Crippen LogP contribution in [0, 0.1) is 6.92 Å². The first-order valence-electron chi connectivity index (χ1n) is 5.28. The van der Waals surface area contributed by atoms with E-state index in [1.807, 2.05) is 0 Å². The predicted octanol–water partition coefficient (Wildman–Crippen LogP) is 1.35. The van der Waals surface area contributed by atoms with Gasteiger partial charge in [0.15, 0.2) is 5.69 Å². The molecule has 0 aromatic carbocycles. The van der Waals surface area contributed by atoms with Crippen molar-refractivity contribution in [3.05, 3.63) is 27.4 Å². The summed E-state index contributed by atoms with van der Waals surface area (Å²) in [7, 11) is 0. The molecule has 1 heterocycles. The number of H-pyrrole nitrogens is 1. The Labute approximate surface area is 95.3 Å². The van der Waals surface area contributed by atoms with Gasteiger partial charge in [-0.25, -0.2) is 4.98 Å². The summed E-state index contributed by atoms with van der Waals surface area (Å²) in [6, 6.07) is 0.343. The van der Waals surface area contributed by atoms with Gasteiger partial charge < -0.3 is 10.3 Å². The molecule has 0 unspecified atom stereocenters. The quantitative estimate of drug-likeness (QED) is 0.847. The standard InChI is InChI=1S/C10H12F3N3O/c1-5-8(10(11,12)13)15-7(16-9(5)17)4-14-6-2-3-6/h6,14H,2-4H2,1H3,(H,15,16,17). The van der Waals surface area contributed by atoms with Gasteiger partial charge >= 0.3 is 6.18 Å². The average Bonchev–Trinajstić information content (AvgIpc) is 3.01. The van der Waals surface area contributed by atoms with E-state index in [0.29, 0.717) is 6.04 Å². The maximum Gasteiger partial charge on any atom is 0.433 e. The van der Waals surface area contributed by atoms with Crippen molar-refractivity contribution in [3.8, 4) is 0 Å². The minimum Gasteiger partial charge on any atom is -0.309 e. The van der Waals surface area contributed by atoms with Crippen molar-refractivity contribution in [2.45, 2.75) is 38.5 Å². The van der Waals surface area contributed by atoms with E-state index in [1.165, 1.54) is 0 Å². The number of aromatic nitrogens is 2. The van der Waals surface area contributed by atoms with Crippen molar-refractivity contribution in [1.82, 2.24) is 15.3 Å². The maximum atomic E-state index is 12.6. The molecule has 4 nitrogen and oxygen atoms in total. The van der Waals surface area contributed by atoms with Crippen LogP contribution in [0.2, 0.25) is 0 Å². The first-order valence-corrected chi connectivity index (χ1v) is 5.28. The highest BCUT2D eigenvalue weighted by molar-refractivity contribution is 5.19. The molecule has 1 aliphatic carbocycles. The van der Waals surface area contributed by atoms with Gasteiger partial charge in [0.2, 0.25) is 0 Å². The number of alkyl halides is 3. The topological polar surface area (TPSA) is 57.8 Å². The molecule has 2 N–H and O–H groups in total. The minimum atomic E-state index is -4.59. The Bertz CT molecular complexity index is 477. The normalized spacial score (nSPS) is 16.2. The highest BCUT2D eigenvalue weighted by atomic mass is 19.4. The summed E-state index contributed by atoms with van der Waals surface area (Å²) in [6.45, 7) is 1.27. The molecule has 0 saturated heterocycles. The lowest BCUT2D eigenvalue weighted by Crippen LogP contribution is -2.26. The number of nitrogens with one attached hydrogen (secondary N) is 2. The zero-order chi connectivity index (χ0) is 12.6. The lowest BCUT2D eigenvalue weighted by atomic mass is 10.2. The zero-order valence-corrected chi connectivity index (χ0v) is 9.19. The van der Waals surface area contributed by atoms with Crippen molar-refractivity contribution in [1.29, 1.82) is 0 Å². The number of aromatic amines is 1. The Hall–Kier alpha value is -1.37. The Balaban J connectivity index is 2.28. The summed E-state index contributed by atoms with van der Waals surface area (Å²) in [5.74, 6) is 0.0276. The molecule has 1 saturated carbocycles. The molecule has 1 aliphatic rings. The van der Waals surface area contributed by atoms with Crippen molar-refractivity contribution < 1.29 is 13.2 Å². The van der Waals surface area contributed by atoms with Crippen LogP contribution in [0.25, 0.3) is 0 Å². The van der Waals surface area contributed by atoms with Gasteiger partial charge in [0.05, 0.1) is 6.54 Å². The van der Waals surface area contributed by atoms with Gasteiger partial charge in [0.25, 0.3) is 5.56 Å². The lowest BCUT2D eigenvalue weighted by molar-refractivity contribution is -0.142. The van der Waals surface area contributed by atoms with Gasteiger partial charge in [-0.2, -0.15) is 13.2 Å². The van der Waals surface area contributed by atoms with Gasteiger partial charge in [-0.15, -0.1) is 0 Å². The van der Waals surface area contributed by atoms with Crippen LogP contribution in [0.15, 0.2) is 4.79 Å². The molecule has 0 atom stereocenters. The maximum absolute atomic E-state index is 12.6. The van der Waals surface area contributed by atoms with Gasteiger partial charge in [-0.1, -0.05) is 0 Å². The van der Waals surface area contributed by atoms with Crippen LogP contribution in [-0.4, -0.2) is 16.0 Å². The second-order valence-electron chi connectivity index (χ2n) is 4.14. The van der Waals surface area contributed by atoms with E-state index in [9.17, 15) is 18.0 Å². The highest BCUT2D eigenvalue weighted by Crippen LogP contribution is 2.28. The van der Waals surface area contributed by atoms with Crippen LogP contribution in [0.1, 0.15) is 29.9 Å².